The summed E-state index contributed by atoms with van der Waals surface area (Å²) in [6.07, 6.45) is 7.16. The second-order valence-corrected chi connectivity index (χ2v) is 7.26. The van der Waals surface area contributed by atoms with Crippen LogP contribution in [0.5, 0.6) is 0 Å². The highest BCUT2D eigenvalue weighted by Crippen LogP contribution is 2.35. The maximum atomic E-state index is 11.1. The zero-order valence-electron chi connectivity index (χ0n) is 15.2. The SMILES string of the molecule is CC(c1ccc(-c2nccn2C2CCC(C(=O)O)CC2)cc1)N(C)C. The number of hydrogen-bond donors (Lipinski definition) is 1. The van der Waals surface area contributed by atoms with Crippen molar-refractivity contribution in [1.29, 1.82) is 0 Å². The number of carboxylic acid groups (broad SMARTS) is 1. The van der Waals surface area contributed by atoms with E-state index in [2.05, 4.69) is 59.7 Å². The Balaban J connectivity index is 1.77. The van der Waals surface area contributed by atoms with Crippen molar-refractivity contribution in [3.8, 4) is 11.4 Å². The normalized spacial score (nSPS) is 22.1. The minimum atomic E-state index is -0.657. The van der Waals surface area contributed by atoms with Crippen molar-refractivity contribution in [3.05, 3.63) is 42.2 Å². The van der Waals surface area contributed by atoms with Crippen molar-refractivity contribution in [3.63, 3.8) is 0 Å². The maximum absolute atomic E-state index is 11.1. The third-order valence-electron chi connectivity index (χ3n) is 5.53. The van der Waals surface area contributed by atoms with Gasteiger partial charge in [0, 0.05) is 30.0 Å². The second kappa shape index (κ2) is 7.40. The number of aliphatic carboxylic acids is 1. The highest BCUT2D eigenvalue weighted by molar-refractivity contribution is 5.70. The number of imidazole rings is 1. The second-order valence-electron chi connectivity index (χ2n) is 7.26. The van der Waals surface area contributed by atoms with Gasteiger partial charge in [-0.3, -0.25) is 4.79 Å². The average Bonchev–Trinajstić information content (AvgIpc) is 3.11. The molecule has 1 aromatic heterocycles. The van der Waals surface area contributed by atoms with Gasteiger partial charge in [-0.05, 0) is 52.3 Å². The molecule has 25 heavy (non-hydrogen) atoms. The van der Waals surface area contributed by atoms with Gasteiger partial charge in [-0.25, -0.2) is 4.98 Å². The molecule has 5 nitrogen and oxygen atoms in total. The average molecular weight is 341 g/mol. The van der Waals surface area contributed by atoms with Crippen LogP contribution >= 0.6 is 0 Å². The van der Waals surface area contributed by atoms with E-state index >= 15 is 0 Å². The summed E-state index contributed by atoms with van der Waals surface area (Å²) in [5, 5.41) is 9.17. The Labute approximate surface area is 149 Å². The molecule has 1 atom stereocenters. The van der Waals surface area contributed by atoms with Gasteiger partial charge in [0.25, 0.3) is 0 Å². The zero-order valence-corrected chi connectivity index (χ0v) is 15.2. The fourth-order valence-electron chi connectivity index (χ4n) is 3.64. The molecular weight excluding hydrogens is 314 g/mol. The van der Waals surface area contributed by atoms with E-state index in [4.69, 9.17) is 0 Å². The highest BCUT2D eigenvalue weighted by atomic mass is 16.4. The van der Waals surface area contributed by atoms with Crippen molar-refractivity contribution in [2.24, 2.45) is 5.92 Å². The molecule has 1 fully saturated rings. The van der Waals surface area contributed by atoms with Gasteiger partial charge in [-0.2, -0.15) is 0 Å². The molecule has 3 rings (SSSR count). The van der Waals surface area contributed by atoms with Crippen molar-refractivity contribution in [2.45, 2.75) is 44.7 Å². The monoisotopic (exact) mass is 341 g/mol. The Morgan fingerprint density at radius 2 is 1.84 bits per heavy atom. The first-order valence-corrected chi connectivity index (χ1v) is 8.99. The lowest BCUT2D eigenvalue weighted by Crippen LogP contribution is -2.23. The molecule has 0 amide bonds. The Morgan fingerprint density at radius 3 is 2.40 bits per heavy atom. The van der Waals surface area contributed by atoms with Gasteiger partial charge in [0.05, 0.1) is 5.92 Å². The minimum absolute atomic E-state index is 0.185. The van der Waals surface area contributed by atoms with Crippen LogP contribution in [0.1, 0.15) is 50.3 Å². The Morgan fingerprint density at radius 1 is 1.20 bits per heavy atom. The first-order valence-electron chi connectivity index (χ1n) is 8.99. The molecule has 134 valence electrons. The fourth-order valence-corrected chi connectivity index (χ4v) is 3.64. The first-order chi connectivity index (χ1) is 12.0. The van der Waals surface area contributed by atoms with E-state index in [0.29, 0.717) is 12.1 Å². The summed E-state index contributed by atoms with van der Waals surface area (Å²) in [5.74, 6) is 0.132. The molecule has 1 aromatic carbocycles. The summed E-state index contributed by atoms with van der Waals surface area (Å²) in [5.41, 5.74) is 2.40. The van der Waals surface area contributed by atoms with E-state index in [1.807, 2.05) is 12.4 Å². The largest absolute Gasteiger partial charge is 0.481 e. The van der Waals surface area contributed by atoms with Gasteiger partial charge in [-0.15, -0.1) is 0 Å². The Kier molecular flexibility index (Phi) is 5.23. The van der Waals surface area contributed by atoms with E-state index in [1.165, 1.54) is 5.56 Å². The van der Waals surface area contributed by atoms with E-state index in [1.54, 1.807) is 0 Å². The van der Waals surface area contributed by atoms with Crippen molar-refractivity contribution >= 4 is 5.97 Å². The maximum Gasteiger partial charge on any atom is 0.306 e. The van der Waals surface area contributed by atoms with Crippen LogP contribution in [0.2, 0.25) is 0 Å². The van der Waals surface area contributed by atoms with E-state index in [9.17, 15) is 9.90 Å². The summed E-state index contributed by atoms with van der Waals surface area (Å²) in [6.45, 7) is 2.19. The topological polar surface area (TPSA) is 58.4 Å². The molecule has 2 aromatic rings. The number of nitrogens with zero attached hydrogens (tertiary/aromatic N) is 3. The Bertz CT molecular complexity index is 713. The predicted octanol–water partition coefficient (Wildman–Crippen LogP) is 3.99. The van der Waals surface area contributed by atoms with Gasteiger partial charge in [0.15, 0.2) is 0 Å². The van der Waals surface area contributed by atoms with Gasteiger partial charge < -0.3 is 14.6 Å². The first kappa shape index (κ1) is 17.7. The standard InChI is InChI=1S/C20H27N3O2/c1-14(22(2)3)15-4-6-16(7-5-15)19-21-12-13-23(19)18-10-8-17(9-11-18)20(24)25/h4-7,12-14,17-18H,8-11H2,1-3H3,(H,24,25). The lowest BCUT2D eigenvalue weighted by molar-refractivity contribution is -0.143. The summed E-state index contributed by atoms with van der Waals surface area (Å²) in [7, 11) is 4.16. The summed E-state index contributed by atoms with van der Waals surface area (Å²) < 4.78 is 2.22. The number of aromatic nitrogens is 2. The molecule has 1 saturated carbocycles. The summed E-state index contributed by atoms with van der Waals surface area (Å²) in [6, 6.07) is 9.32. The van der Waals surface area contributed by atoms with E-state index in [0.717, 1.165) is 37.1 Å². The highest BCUT2D eigenvalue weighted by Gasteiger charge is 2.27. The summed E-state index contributed by atoms with van der Waals surface area (Å²) >= 11 is 0. The van der Waals surface area contributed by atoms with Crippen molar-refractivity contribution in [1.82, 2.24) is 14.5 Å². The molecule has 0 bridgehead atoms. The molecule has 0 radical (unpaired) electrons. The van der Waals surface area contributed by atoms with Crippen LogP contribution in [-0.4, -0.2) is 39.6 Å². The van der Waals surface area contributed by atoms with Gasteiger partial charge >= 0.3 is 5.97 Å². The van der Waals surface area contributed by atoms with Crippen LogP contribution in [0.4, 0.5) is 0 Å². The van der Waals surface area contributed by atoms with E-state index in [-0.39, 0.29) is 5.92 Å². The van der Waals surface area contributed by atoms with Crippen molar-refractivity contribution < 1.29 is 9.90 Å². The number of benzene rings is 1. The predicted molar refractivity (Wildman–Crippen MR) is 98.4 cm³/mol. The van der Waals surface area contributed by atoms with Crippen LogP contribution in [0, 0.1) is 5.92 Å². The van der Waals surface area contributed by atoms with E-state index < -0.39 is 5.97 Å². The van der Waals surface area contributed by atoms with Crippen LogP contribution in [-0.2, 0) is 4.79 Å². The smallest absolute Gasteiger partial charge is 0.306 e. The van der Waals surface area contributed by atoms with Gasteiger partial charge in [0.1, 0.15) is 5.82 Å². The third kappa shape index (κ3) is 3.76. The molecule has 0 saturated heterocycles. The van der Waals surface area contributed by atoms with Crippen molar-refractivity contribution in [2.75, 3.05) is 14.1 Å². The molecule has 1 N–H and O–H groups in total. The number of hydrogen-bond acceptors (Lipinski definition) is 3. The lowest BCUT2D eigenvalue weighted by atomic mass is 9.86. The van der Waals surface area contributed by atoms with Crippen LogP contribution in [0.3, 0.4) is 0 Å². The van der Waals surface area contributed by atoms with Crippen LogP contribution in [0.25, 0.3) is 11.4 Å². The number of carbonyl (C=O) groups is 1. The molecule has 1 aliphatic carbocycles. The molecule has 1 unspecified atom stereocenters. The number of rotatable bonds is 5. The number of carboxylic acids is 1. The quantitative estimate of drug-likeness (QED) is 0.893. The molecular formula is C20H27N3O2. The Hall–Kier alpha value is -2.14. The minimum Gasteiger partial charge on any atom is -0.481 e. The molecule has 0 aliphatic heterocycles. The third-order valence-corrected chi connectivity index (χ3v) is 5.53. The van der Waals surface area contributed by atoms with Crippen LogP contribution in [0.15, 0.2) is 36.7 Å². The molecule has 1 heterocycles. The van der Waals surface area contributed by atoms with Crippen LogP contribution < -0.4 is 0 Å². The zero-order chi connectivity index (χ0) is 18.0. The molecule has 0 spiro atoms. The van der Waals surface area contributed by atoms with Gasteiger partial charge in [-0.1, -0.05) is 24.3 Å². The summed E-state index contributed by atoms with van der Waals surface area (Å²) in [4.78, 5) is 17.9. The fraction of sp³-hybridized carbons (Fsp3) is 0.500. The molecule has 1 aliphatic rings. The lowest BCUT2D eigenvalue weighted by Gasteiger charge is -2.28. The molecule has 5 heteroatoms. The van der Waals surface area contributed by atoms with Gasteiger partial charge in [0.2, 0.25) is 0 Å².